The van der Waals surface area contributed by atoms with Crippen LogP contribution in [0.15, 0.2) is 6.20 Å². The van der Waals surface area contributed by atoms with E-state index in [-0.39, 0.29) is 5.69 Å². The molecule has 0 aliphatic heterocycles. The number of hydrogen-bond donors (Lipinski definition) is 1. The zero-order valence-corrected chi connectivity index (χ0v) is 4.48. The number of carbonyl (C=O) groups is 1. The maximum atomic E-state index is 10.1. The highest BCUT2D eigenvalue weighted by molar-refractivity contribution is 5.67. The van der Waals surface area contributed by atoms with Crippen LogP contribution in [0.1, 0.15) is 5.69 Å². The quantitative estimate of drug-likeness (QED) is 0.530. The van der Waals surface area contributed by atoms with Crippen LogP contribution >= 0.6 is 0 Å². The summed E-state index contributed by atoms with van der Waals surface area (Å²) in [5.41, 5.74) is 0.266. The summed E-state index contributed by atoms with van der Waals surface area (Å²) in [7, 11) is 0. The first kappa shape index (κ1) is 5.74. The maximum Gasteiger partial charge on any atom is 0.433 e. The molecular weight excluding hydrogens is 122 g/mol. The van der Waals surface area contributed by atoms with Crippen molar-refractivity contribution in [3.8, 4) is 0 Å². The lowest BCUT2D eigenvalue weighted by molar-refractivity contribution is 0.191. The standard InChI is InChI=1S/C4H4N3O2/c1-3-2-5-6-7(3)4(8)9/h2H,1H2,(H,8,9). The summed E-state index contributed by atoms with van der Waals surface area (Å²) in [5, 5.41) is 14.8. The predicted molar refractivity (Wildman–Crippen MR) is 27.9 cm³/mol. The Morgan fingerprint density at radius 3 is 2.78 bits per heavy atom. The Balaban J connectivity index is 3.08. The number of carboxylic acid groups (broad SMARTS) is 1. The molecule has 0 aromatic carbocycles. The van der Waals surface area contributed by atoms with E-state index >= 15 is 0 Å². The molecule has 0 spiro atoms. The number of aromatic nitrogens is 3. The van der Waals surface area contributed by atoms with Gasteiger partial charge in [0.1, 0.15) is 0 Å². The minimum absolute atomic E-state index is 0.266. The summed E-state index contributed by atoms with van der Waals surface area (Å²) >= 11 is 0. The van der Waals surface area contributed by atoms with Crippen LogP contribution < -0.4 is 0 Å². The fourth-order valence-electron chi connectivity index (χ4n) is 0.417. The van der Waals surface area contributed by atoms with Gasteiger partial charge in [0.25, 0.3) is 0 Å². The third-order valence-electron chi connectivity index (χ3n) is 0.801. The van der Waals surface area contributed by atoms with Gasteiger partial charge in [-0.05, 0) is 6.92 Å². The van der Waals surface area contributed by atoms with Crippen LogP contribution in [0.4, 0.5) is 4.79 Å². The molecule has 5 heteroatoms. The highest BCUT2D eigenvalue weighted by Gasteiger charge is 2.03. The maximum absolute atomic E-state index is 10.1. The lowest BCUT2D eigenvalue weighted by Crippen LogP contribution is -2.11. The summed E-state index contributed by atoms with van der Waals surface area (Å²) in [6.45, 7) is 3.36. The number of rotatable bonds is 0. The molecule has 47 valence electrons. The first-order chi connectivity index (χ1) is 4.22. The molecule has 0 unspecified atom stereocenters. The van der Waals surface area contributed by atoms with Gasteiger partial charge in [-0.2, -0.15) is 0 Å². The van der Waals surface area contributed by atoms with Crippen molar-refractivity contribution >= 4 is 6.09 Å². The van der Waals surface area contributed by atoms with Gasteiger partial charge in [-0.1, -0.05) is 5.21 Å². The van der Waals surface area contributed by atoms with Crippen LogP contribution in [0.25, 0.3) is 0 Å². The Bertz CT molecular complexity index is 229. The van der Waals surface area contributed by atoms with E-state index in [1.54, 1.807) is 0 Å². The van der Waals surface area contributed by atoms with Gasteiger partial charge in [-0.15, -0.1) is 9.78 Å². The van der Waals surface area contributed by atoms with Crippen molar-refractivity contribution < 1.29 is 9.90 Å². The van der Waals surface area contributed by atoms with Crippen LogP contribution in [-0.4, -0.2) is 26.2 Å². The lowest BCUT2D eigenvalue weighted by atomic mass is 10.5. The minimum Gasteiger partial charge on any atom is -0.463 e. The monoisotopic (exact) mass is 126 g/mol. The van der Waals surface area contributed by atoms with Gasteiger partial charge in [-0.25, -0.2) is 4.79 Å². The third kappa shape index (κ3) is 0.883. The van der Waals surface area contributed by atoms with Crippen LogP contribution in [0, 0.1) is 6.92 Å². The molecule has 1 rings (SSSR count). The normalized spacial score (nSPS) is 9.44. The van der Waals surface area contributed by atoms with E-state index in [9.17, 15) is 4.79 Å². The SMILES string of the molecule is [CH2]c1cnnn1C(=O)O. The second-order valence-electron chi connectivity index (χ2n) is 1.42. The average Bonchev–Trinajstić information content (AvgIpc) is 2.13. The lowest BCUT2D eigenvalue weighted by Gasteiger charge is -1.89. The molecule has 1 heterocycles. The summed E-state index contributed by atoms with van der Waals surface area (Å²) in [4.78, 5) is 10.1. The smallest absolute Gasteiger partial charge is 0.433 e. The van der Waals surface area contributed by atoms with Crippen molar-refractivity contribution in [1.29, 1.82) is 0 Å². The molecule has 0 amide bonds. The average molecular weight is 126 g/mol. The molecule has 0 saturated carbocycles. The zero-order chi connectivity index (χ0) is 6.85. The Hall–Kier alpha value is -1.39. The predicted octanol–water partition coefficient (Wildman–Crippen LogP) is -0.0136. The van der Waals surface area contributed by atoms with Gasteiger partial charge in [0.05, 0.1) is 11.9 Å². The van der Waals surface area contributed by atoms with Crippen molar-refractivity contribution in [2.24, 2.45) is 0 Å². The van der Waals surface area contributed by atoms with Crippen LogP contribution in [0.5, 0.6) is 0 Å². The highest BCUT2D eigenvalue weighted by atomic mass is 16.4. The molecule has 0 atom stereocenters. The van der Waals surface area contributed by atoms with Crippen molar-refractivity contribution in [1.82, 2.24) is 15.0 Å². The topological polar surface area (TPSA) is 68.0 Å². The van der Waals surface area contributed by atoms with E-state index in [0.29, 0.717) is 4.68 Å². The van der Waals surface area contributed by atoms with Crippen LogP contribution in [0.2, 0.25) is 0 Å². The van der Waals surface area contributed by atoms with Crippen LogP contribution in [-0.2, 0) is 0 Å². The van der Waals surface area contributed by atoms with Crippen molar-refractivity contribution in [3.05, 3.63) is 18.8 Å². The highest BCUT2D eigenvalue weighted by Crippen LogP contribution is 1.89. The van der Waals surface area contributed by atoms with Gasteiger partial charge >= 0.3 is 6.09 Å². The fraction of sp³-hybridized carbons (Fsp3) is 0. The molecule has 1 radical (unpaired) electrons. The Labute approximate surface area is 50.9 Å². The number of nitrogens with zero attached hydrogens (tertiary/aromatic N) is 3. The summed E-state index contributed by atoms with van der Waals surface area (Å²) in [6, 6.07) is 0. The second kappa shape index (κ2) is 1.85. The fourth-order valence-corrected chi connectivity index (χ4v) is 0.417. The van der Waals surface area contributed by atoms with E-state index in [2.05, 4.69) is 17.2 Å². The van der Waals surface area contributed by atoms with Crippen LogP contribution in [0.3, 0.4) is 0 Å². The first-order valence-corrected chi connectivity index (χ1v) is 2.18. The van der Waals surface area contributed by atoms with E-state index in [1.165, 1.54) is 6.20 Å². The van der Waals surface area contributed by atoms with E-state index < -0.39 is 6.09 Å². The Kier molecular flexibility index (Phi) is 1.18. The third-order valence-corrected chi connectivity index (χ3v) is 0.801. The molecular formula is C4H4N3O2. The molecule has 1 aromatic heterocycles. The molecule has 9 heavy (non-hydrogen) atoms. The summed E-state index contributed by atoms with van der Waals surface area (Å²) in [6.07, 6.45) is 0.103. The minimum atomic E-state index is -1.17. The van der Waals surface area contributed by atoms with E-state index in [4.69, 9.17) is 5.11 Å². The second-order valence-corrected chi connectivity index (χ2v) is 1.42. The Morgan fingerprint density at radius 2 is 2.56 bits per heavy atom. The van der Waals surface area contributed by atoms with Gasteiger partial charge in [0.2, 0.25) is 0 Å². The van der Waals surface area contributed by atoms with E-state index in [1.807, 2.05) is 0 Å². The van der Waals surface area contributed by atoms with Gasteiger partial charge in [-0.3, -0.25) is 0 Å². The molecule has 5 nitrogen and oxygen atoms in total. The van der Waals surface area contributed by atoms with Gasteiger partial charge in [0.15, 0.2) is 0 Å². The summed E-state index contributed by atoms with van der Waals surface area (Å²) < 4.78 is 0.694. The Morgan fingerprint density at radius 1 is 1.89 bits per heavy atom. The van der Waals surface area contributed by atoms with Crippen molar-refractivity contribution in [2.75, 3.05) is 0 Å². The van der Waals surface area contributed by atoms with Crippen molar-refractivity contribution in [2.45, 2.75) is 0 Å². The molecule has 0 bridgehead atoms. The largest absolute Gasteiger partial charge is 0.463 e. The first-order valence-electron chi connectivity index (χ1n) is 2.18. The molecule has 1 aromatic rings. The number of hydrogen-bond acceptors (Lipinski definition) is 3. The molecule has 1 N–H and O–H groups in total. The molecule has 0 fully saturated rings. The van der Waals surface area contributed by atoms with Crippen molar-refractivity contribution in [3.63, 3.8) is 0 Å². The van der Waals surface area contributed by atoms with E-state index in [0.717, 1.165) is 0 Å². The molecule has 0 aliphatic rings. The van der Waals surface area contributed by atoms with Gasteiger partial charge in [0, 0.05) is 0 Å². The zero-order valence-electron chi connectivity index (χ0n) is 4.48. The van der Waals surface area contributed by atoms with Gasteiger partial charge < -0.3 is 5.11 Å². The molecule has 0 aliphatic carbocycles. The molecule has 0 saturated heterocycles. The summed E-state index contributed by atoms with van der Waals surface area (Å²) in [5.74, 6) is 0.